The minimum atomic E-state index is -1.71. The lowest BCUT2D eigenvalue weighted by Gasteiger charge is -2.27. The van der Waals surface area contributed by atoms with Gasteiger partial charge in [0.05, 0.1) is 6.61 Å². The summed E-state index contributed by atoms with van der Waals surface area (Å²) in [7, 11) is -0.332. The van der Waals surface area contributed by atoms with Crippen LogP contribution in [0.3, 0.4) is 0 Å². The lowest BCUT2D eigenvalue weighted by atomic mass is 10.0. The molecule has 0 saturated carbocycles. The van der Waals surface area contributed by atoms with Crippen LogP contribution in [0.2, 0.25) is 0 Å². The van der Waals surface area contributed by atoms with Gasteiger partial charge in [0.15, 0.2) is 5.82 Å². The smallest absolute Gasteiger partial charge is 0.230 e. The summed E-state index contributed by atoms with van der Waals surface area (Å²) < 4.78 is 18.5. The Kier molecular flexibility index (Phi) is 7.50. The van der Waals surface area contributed by atoms with Crippen LogP contribution in [0.5, 0.6) is 5.75 Å². The molecule has 3 N–H and O–H groups in total. The summed E-state index contributed by atoms with van der Waals surface area (Å²) >= 11 is 0. The number of anilines is 1. The minimum absolute atomic E-state index is 0.0443. The van der Waals surface area contributed by atoms with Crippen molar-refractivity contribution in [2.24, 2.45) is 4.99 Å². The third kappa shape index (κ3) is 4.66. The van der Waals surface area contributed by atoms with Crippen molar-refractivity contribution in [1.29, 1.82) is 0 Å². The monoisotopic (exact) mass is 487 g/mol. The standard InChI is InChI=1S/C22H26N5O6P/c1-3-7-18(28)26-21-15-10-11-17(27(15)25-13-24-21)22(23-2)20(30)19(29)16(32-22)12-31-34-33-14-8-5-4-6-9-14/h4-6,8-11,13,16,19-20,29-30,34H,2-3,7,12H2,1H3,(H,24,25,26,28)/t16-,19?,20?,22+/m1/s1. The highest BCUT2D eigenvalue weighted by atomic mass is 31.1. The van der Waals surface area contributed by atoms with Crippen LogP contribution in [0.4, 0.5) is 5.82 Å². The topological polar surface area (TPSA) is 140 Å². The van der Waals surface area contributed by atoms with E-state index >= 15 is 0 Å². The fourth-order valence-corrected chi connectivity index (χ4v) is 4.29. The fraction of sp³-hybridized carbons (Fsp3) is 0.364. The number of nitrogens with zero attached hydrogens (tertiary/aromatic N) is 4. The molecule has 5 atom stereocenters. The molecule has 0 bridgehead atoms. The summed E-state index contributed by atoms with van der Waals surface area (Å²) in [6, 6.07) is 12.5. The number of ether oxygens (including phenoxy) is 1. The van der Waals surface area contributed by atoms with Gasteiger partial charge in [-0.3, -0.25) is 9.79 Å². The molecule has 3 unspecified atom stereocenters. The molecule has 2 aromatic heterocycles. The molecule has 1 aliphatic rings. The van der Waals surface area contributed by atoms with E-state index in [2.05, 4.69) is 27.1 Å². The summed E-state index contributed by atoms with van der Waals surface area (Å²) in [5.41, 5.74) is -0.905. The molecule has 0 spiro atoms. The Labute approximate surface area is 197 Å². The van der Waals surface area contributed by atoms with E-state index < -0.39 is 24.0 Å². The normalized spacial score (nSPS) is 24.6. The number of hydrogen-bond donors (Lipinski definition) is 3. The van der Waals surface area contributed by atoms with Crippen molar-refractivity contribution in [3.05, 3.63) is 54.5 Å². The molecule has 0 aliphatic carbocycles. The number of benzene rings is 1. The lowest BCUT2D eigenvalue weighted by molar-refractivity contribution is -0.116. The summed E-state index contributed by atoms with van der Waals surface area (Å²) in [4.78, 5) is 20.3. The number of rotatable bonds is 10. The van der Waals surface area contributed by atoms with Crippen molar-refractivity contribution < 1.29 is 28.8 Å². The molecule has 1 aromatic carbocycles. The van der Waals surface area contributed by atoms with Crippen LogP contribution in [-0.2, 0) is 19.8 Å². The number of nitrogens with one attached hydrogen (secondary N) is 1. The van der Waals surface area contributed by atoms with Crippen molar-refractivity contribution in [2.75, 3.05) is 11.9 Å². The zero-order valence-electron chi connectivity index (χ0n) is 18.5. The van der Waals surface area contributed by atoms with Crippen LogP contribution >= 0.6 is 9.03 Å². The average molecular weight is 487 g/mol. The second kappa shape index (κ2) is 10.5. The van der Waals surface area contributed by atoms with E-state index in [1.807, 2.05) is 25.1 Å². The molecule has 1 saturated heterocycles. The average Bonchev–Trinajstić information content (AvgIpc) is 3.39. The Balaban J connectivity index is 1.51. The Morgan fingerprint density at radius 1 is 1.32 bits per heavy atom. The first-order chi connectivity index (χ1) is 16.5. The SMILES string of the molecule is C=N[C@@]1(c2ccc3c(NC(=O)CCC)ncnn23)O[C@H](COPOc2ccccc2)C(O)C1O. The summed E-state index contributed by atoms with van der Waals surface area (Å²) in [6.07, 6.45) is -1.32. The van der Waals surface area contributed by atoms with Gasteiger partial charge >= 0.3 is 0 Å². The number of aromatic nitrogens is 3. The molecule has 12 heteroatoms. The Hall–Kier alpha value is -2.95. The van der Waals surface area contributed by atoms with Crippen LogP contribution < -0.4 is 9.84 Å². The molecular weight excluding hydrogens is 461 g/mol. The minimum Gasteiger partial charge on any atom is -0.450 e. The van der Waals surface area contributed by atoms with Crippen molar-refractivity contribution in [3.8, 4) is 5.75 Å². The number of carbonyl (C=O) groups is 1. The molecule has 34 heavy (non-hydrogen) atoms. The van der Waals surface area contributed by atoms with E-state index in [4.69, 9.17) is 13.8 Å². The summed E-state index contributed by atoms with van der Waals surface area (Å²) in [5.74, 6) is 0.786. The quantitative estimate of drug-likeness (QED) is 0.224. The van der Waals surface area contributed by atoms with Crippen LogP contribution in [0.15, 0.2) is 53.8 Å². The van der Waals surface area contributed by atoms with E-state index in [0.717, 1.165) is 0 Å². The number of fused-ring (bicyclic) bond motifs is 1. The van der Waals surface area contributed by atoms with Gasteiger partial charge < -0.3 is 29.3 Å². The molecule has 3 heterocycles. The first-order valence-corrected chi connectivity index (χ1v) is 11.6. The predicted molar refractivity (Wildman–Crippen MR) is 126 cm³/mol. The van der Waals surface area contributed by atoms with Gasteiger partial charge in [-0.2, -0.15) is 5.10 Å². The van der Waals surface area contributed by atoms with Crippen LogP contribution in [-0.4, -0.2) is 62.4 Å². The molecule has 11 nitrogen and oxygen atoms in total. The molecule has 0 radical (unpaired) electrons. The molecule has 4 rings (SSSR count). The highest BCUT2D eigenvalue weighted by Crippen LogP contribution is 2.42. The molecule has 1 fully saturated rings. The van der Waals surface area contributed by atoms with Crippen molar-refractivity contribution in [1.82, 2.24) is 14.6 Å². The Morgan fingerprint density at radius 3 is 2.85 bits per heavy atom. The van der Waals surface area contributed by atoms with Gasteiger partial charge in [-0.15, -0.1) is 0 Å². The van der Waals surface area contributed by atoms with E-state index in [0.29, 0.717) is 35.6 Å². The van der Waals surface area contributed by atoms with E-state index in [9.17, 15) is 15.0 Å². The number of aliphatic hydroxyl groups excluding tert-OH is 2. The number of para-hydroxylation sites is 1. The number of aliphatic imine (C=N–C) groups is 1. The van der Waals surface area contributed by atoms with Crippen molar-refractivity contribution in [2.45, 2.75) is 43.8 Å². The zero-order valence-corrected chi connectivity index (χ0v) is 19.5. The van der Waals surface area contributed by atoms with Gasteiger partial charge in [0.25, 0.3) is 0 Å². The Morgan fingerprint density at radius 2 is 2.12 bits per heavy atom. The lowest BCUT2D eigenvalue weighted by Crippen LogP contribution is -2.40. The predicted octanol–water partition coefficient (Wildman–Crippen LogP) is 2.05. The summed E-state index contributed by atoms with van der Waals surface area (Å²) in [6.45, 7) is 5.45. The van der Waals surface area contributed by atoms with Gasteiger partial charge in [-0.05, 0) is 37.4 Å². The van der Waals surface area contributed by atoms with Crippen LogP contribution in [0.1, 0.15) is 25.5 Å². The van der Waals surface area contributed by atoms with Gasteiger partial charge in [0, 0.05) is 6.42 Å². The third-order valence-electron chi connectivity index (χ3n) is 5.43. The maximum atomic E-state index is 12.1. The van der Waals surface area contributed by atoms with Gasteiger partial charge in [-0.25, -0.2) is 9.50 Å². The number of aliphatic hydroxyl groups is 2. The van der Waals surface area contributed by atoms with Crippen molar-refractivity contribution in [3.63, 3.8) is 0 Å². The van der Waals surface area contributed by atoms with Crippen molar-refractivity contribution >= 4 is 33.0 Å². The van der Waals surface area contributed by atoms with E-state index in [1.54, 1.807) is 24.3 Å². The number of carbonyl (C=O) groups excluding carboxylic acids is 1. The highest BCUT2D eigenvalue weighted by molar-refractivity contribution is 7.26. The highest BCUT2D eigenvalue weighted by Gasteiger charge is 2.56. The first-order valence-electron chi connectivity index (χ1n) is 10.7. The molecule has 3 aromatic rings. The number of amides is 1. The van der Waals surface area contributed by atoms with Gasteiger partial charge in [0.1, 0.15) is 41.6 Å². The van der Waals surface area contributed by atoms with E-state index in [-0.39, 0.29) is 21.5 Å². The molecule has 180 valence electrons. The zero-order chi connectivity index (χ0) is 24.1. The van der Waals surface area contributed by atoms with Gasteiger partial charge in [-0.1, -0.05) is 25.1 Å². The maximum Gasteiger partial charge on any atom is 0.230 e. The molecule has 1 amide bonds. The van der Waals surface area contributed by atoms with Crippen LogP contribution in [0.25, 0.3) is 5.52 Å². The maximum absolute atomic E-state index is 12.1. The fourth-order valence-electron chi connectivity index (χ4n) is 3.77. The first kappa shape index (κ1) is 24.2. The molecular formula is C22H26N5O6P. The number of hydrogen-bond acceptors (Lipinski definition) is 9. The summed E-state index contributed by atoms with van der Waals surface area (Å²) in [5, 5.41) is 28.6. The largest absolute Gasteiger partial charge is 0.450 e. The third-order valence-corrected chi connectivity index (χ3v) is 6.04. The second-order valence-electron chi connectivity index (χ2n) is 7.68. The van der Waals surface area contributed by atoms with E-state index in [1.165, 1.54) is 10.8 Å². The Bertz CT molecular complexity index is 1150. The molecule has 1 aliphatic heterocycles. The van der Waals surface area contributed by atoms with Gasteiger partial charge in [0.2, 0.25) is 20.7 Å². The van der Waals surface area contributed by atoms with Crippen LogP contribution in [0, 0.1) is 0 Å². The second-order valence-corrected chi connectivity index (χ2v) is 8.34.